The van der Waals surface area contributed by atoms with Crippen molar-refractivity contribution in [3.63, 3.8) is 0 Å². The zero-order valence-electron chi connectivity index (χ0n) is 7.13. The molecule has 10 heavy (non-hydrogen) atoms. The molecule has 0 spiro atoms. The maximum absolute atomic E-state index is 10.2. The summed E-state index contributed by atoms with van der Waals surface area (Å²) >= 11 is 0. The van der Waals surface area contributed by atoms with E-state index in [1.54, 1.807) is 0 Å². The van der Waals surface area contributed by atoms with Crippen LogP contribution in [-0.4, -0.2) is 22.2 Å². The molecule has 2 N–H and O–H groups in total. The van der Waals surface area contributed by atoms with Gasteiger partial charge in [-0.05, 0) is 6.42 Å². The normalized spacial score (nSPS) is 13.2. The lowest BCUT2D eigenvalue weighted by Gasteiger charge is -1.94. The molecule has 0 aliphatic carbocycles. The lowest BCUT2D eigenvalue weighted by Crippen LogP contribution is -2.02. The first-order chi connectivity index (χ1) is 5.27. The van der Waals surface area contributed by atoms with E-state index >= 15 is 0 Å². The molecular formula is C6H8O4. The molecule has 0 aliphatic heterocycles. The number of carboxylic acids is 2. The summed E-state index contributed by atoms with van der Waals surface area (Å²) in [5.41, 5.74) is -0.456. The first-order valence-electron chi connectivity index (χ1n) is 3.42. The second-order valence-electron chi connectivity index (χ2n) is 1.57. The third-order valence-electron chi connectivity index (χ3n) is 0.755. The highest BCUT2D eigenvalue weighted by Gasteiger charge is 2.05. The van der Waals surface area contributed by atoms with Gasteiger partial charge in [-0.3, -0.25) is 4.79 Å². The third kappa shape index (κ3) is 3.65. The Morgan fingerprint density at radius 3 is 2.30 bits per heavy atom. The van der Waals surface area contributed by atoms with Crippen LogP contribution in [0.3, 0.4) is 0 Å². The highest BCUT2D eigenvalue weighted by Crippen LogP contribution is 2.01. The van der Waals surface area contributed by atoms with Gasteiger partial charge in [0.2, 0.25) is 0 Å². The zero-order valence-corrected chi connectivity index (χ0v) is 5.13. The van der Waals surface area contributed by atoms with Crippen LogP contribution >= 0.6 is 0 Å². The maximum atomic E-state index is 10.2. The van der Waals surface area contributed by atoms with E-state index in [1.807, 2.05) is 0 Å². The molecule has 0 aromatic heterocycles. The molecule has 0 radical (unpaired) electrons. The molecular weight excluding hydrogens is 136 g/mol. The molecule has 0 amide bonds. The summed E-state index contributed by atoms with van der Waals surface area (Å²) in [7, 11) is 0. The SMILES string of the molecule is [2H]C([2H])(CC(=C)C(=O)O)C(=O)O. The highest BCUT2D eigenvalue weighted by atomic mass is 16.4. The van der Waals surface area contributed by atoms with Gasteiger partial charge in [-0.25, -0.2) is 4.79 Å². The van der Waals surface area contributed by atoms with Crippen LogP contribution in [0.5, 0.6) is 0 Å². The molecule has 0 atom stereocenters. The van der Waals surface area contributed by atoms with Crippen molar-refractivity contribution in [3.8, 4) is 0 Å². The van der Waals surface area contributed by atoms with E-state index in [-0.39, 0.29) is 0 Å². The summed E-state index contributed by atoms with van der Waals surface area (Å²) in [6.45, 7) is 3.02. The number of aliphatic carboxylic acids is 2. The van der Waals surface area contributed by atoms with Gasteiger partial charge in [0.1, 0.15) is 0 Å². The Hall–Kier alpha value is -1.32. The van der Waals surface area contributed by atoms with Gasteiger partial charge in [0.25, 0.3) is 0 Å². The highest BCUT2D eigenvalue weighted by molar-refractivity contribution is 5.86. The Morgan fingerprint density at radius 2 is 2.00 bits per heavy atom. The van der Waals surface area contributed by atoms with Crippen molar-refractivity contribution in [2.75, 3.05) is 0 Å². The smallest absolute Gasteiger partial charge is 0.330 e. The molecule has 0 saturated carbocycles. The Balaban J connectivity index is 4.35. The Labute approximate surface area is 60.6 Å². The minimum absolute atomic E-state index is 0.456. The van der Waals surface area contributed by atoms with Crippen LogP contribution in [0.2, 0.25) is 0 Å². The van der Waals surface area contributed by atoms with Crippen molar-refractivity contribution in [2.24, 2.45) is 0 Å². The van der Waals surface area contributed by atoms with E-state index < -0.39 is 30.3 Å². The van der Waals surface area contributed by atoms with Crippen LogP contribution < -0.4 is 0 Å². The van der Waals surface area contributed by atoms with Crippen LogP contribution in [0.25, 0.3) is 0 Å². The third-order valence-corrected chi connectivity index (χ3v) is 0.755. The molecule has 0 aromatic carbocycles. The molecule has 0 unspecified atom stereocenters. The lowest BCUT2D eigenvalue weighted by atomic mass is 10.2. The van der Waals surface area contributed by atoms with E-state index in [4.69, 9.17) is 13.0 Å². The minimum atomic E-state index is -2.56. The van der Waals surface area contributed by atoms with Crippen LogP contribution in [-0.2, 0) is 9.59 Å². The molecule has 4 heteroatoms. The Kier molecular flexibility index (Phi) is 2.00. The fraction of sp³-hybridized carbons (Fsp3) is 0.333. The van der Waals surface area contributed by atoms with Crippen LogP contribution in [0.15, 0.2) is 12.2 Å². The first-order valence-corrected chi connectivity index (χ1v) is 2.42. The zero-order chi connectivity index (χ0) is 9.94. The molecule has 0 saturated heterocycles. The van der Waals surface area contributed by atoms with Gasteiger partial charge in [-0.1, -0.05) is 6.58 Å². The first kappa shape index (κ1) is 5.46. The van der Waals surface area contributed by atoms with E-state index in [9.17, 15) is 9.59 Å². The van der Waals surface area contributed by atoms with Crippen molar-refractivity contribution in [2.45, 2.75) is 12.8 Å². The van der Waals surface area contributed by atoms with Crippen LogP contribution in [0.1, 0.15) is 15.5 Å². The summed E-state index contributed by atoms with van der Waals surface area (Å²) < 4.78 is 13.7. The van der Waals surface area contributed by atoms with Gasteiger partial charge < -0.3 is 10.2 Å². The number of carbonyl (C=O) groups is 2. The van der Waals surface area contributed by atoms with Crippen molar-refractivity contribution in [1.29, 1.82) is 0 Å². The second-order valence-corrected chi connectivity index (χ2v) is 1.57. The number of rotatable bonds is 4. The number of hydrogen-bond acceptors (Lipinski definition) is 2. The van der Waals surface area contributed by atoms with Gasteiger partial charge in [0.05, 0.1) is 0 Å². The van der Waals surface area contributed by atoms with Crippen molar-refractivity contribution < 1.29 is 22.5 Å². The maximum Gasteiger partial charge on any atom is 0.330 e. The molecule has 0 aromatic rings. The van der Waals surface area contributed by atoms with E-state index in [1.165, 1.54) is 0 Å². The number of hydrogen-bond donors (Lipinski definition) is 2. The Morgan fingerprint density at radius 1 is 1.50 bits per heavy atom. The Bertz CT molecular complexity index is 234. The van der Waals surface area contributed by atoms with Gasteiger partial charge in [-0.15, -0.1) is 0 Å². The minimum Gasteiger partial charge on any atom is -0.481 e. The molecule has 0 aliphatic rings. The van der Waals surface area contributed by atoms with Crippen LogP contribution in [0.4, 0.5) is 0 Å². The summed E-state index contributed by atoms with van der Waals surface area (Å²) in [5, 5.41) is 16.5. The van der Waals surface area contributed by atoms with Crippen molar-refractivity contribution in [1.82, 2.24) is 0 Å². The van der Waals surface area contributed by atoms with E-state index in [0.717, 1.165) is 0 Å². The average Bonchev–Trinajstić information content (AvgIpc) is 1.85. The summed E-state index contributed by atoms with van der Waals surface area (Å²) in [6.07, 6.45) is -3.27. The fourth-order valence-electron chi connectivity index (χ4n) is 0.258. The molecule has 56 valence electrons. The van der Waals surface area contributed by atoms with Gasteiger partial charge in [0.15, 0.2) is 0 Å². The van der Waals surface area contributed by atoms with E-state index in [2.05, 4.69) is 6.58 Å². The lowest BCUT2D eigenvalue weighted by molar-refractivity contribution is -0.137. The van der Waals surface area contributed by atoms with Gasteiger partial charge >= 0.3 is 11.9 Å². The average molecular weight is 146 g/mol. The molecule has 4 nitrogen and oxygen atoms in total. The van der Waals surface area contributed by atoms with Crippen molar-refractivity contribution >= 4 is 11.9 Å². The van der Waals surface area contributed by atoms with E-state index in [0.29, 0.717) is 0 Å². The monoisotopic (exact) mass is 146 g/mol. The summed E-state index contributed by atoms with van der Waals surface area (Å²) in [4.78, 5) is 20.3. The largest absolute Gasteiger partial charge is 0.481 e. The van der Waals surface area contributed by atoms with Gasteiger partial charge in [-0.2, -0.15) is 0 Å². The fourth-order valence-corrected chi connectivity index (χ4v) is 0.258. The summed E-state index contributed by atoms with van der Waals surface area (Å²) in [5.74, 6) is -3.08. The predicted octanol–water partition coefficient (Wildman–Crippen LogP) is 0.492. The predicted molar refractivity (Wildman–Crippen MR) is 33.6 cm³/mol. The quantitative estimate of drug-likeness (QED) is 0.566. The summed E-state index contributed by atoms with van der Waals surface area (Å²) in [6, 6.07) is 0. The standard InChI is InChI=1S/C6H8O4/c1-4(6(9)10)2-3-5(7)8/h1-3H2,(H,7,8)(H,9,10)/i3D2. The van der Waals surface area contributed by atoms with Crippen molar-refractivity contribution in [3.05, 3.63) is 12.2 Å². The molecule has 0 rings (SSSR count). The molecule has 0 fully saturated rings. The molecule has 0 heterocycles. The van der Waals surface area contributed by atoms with Crippen LogP contribution in [0, 0.1) is 0 Å². The topological polar surface area (TPSA) is 74.6 Å². The van der Waals surface area contributed by atoms with Gasteiger partial charge in [0, 0.05) is 14.7 Å². The number of carboxylic acid groups (broad SMARTS) is 2. The molecule has 0 bridgehead atoms. The second kappa shape index (κ2) is 3.66.